The van der Waals surface area contributed by atoms with E-state index in [0.29, 0.717) is 0 Å². The first-order valence-corrected chi connectivity index (χ1v) is 6.29. The molecule has 0 unspecified atom stereocenters. The minimum atomic E-state index is 0.907. The van der Waals surface area contributed by atoms with Gasteiger partial charge in [-0.1, -0.05) is 36.4 Å². The molecule has 0 saturated heterocycles. The topological polar surface area (TPSA) is 13.1 Å². The molecule has 0 aliphatic heterocycles. The van der Waals surface area contributed by atoms with Crippen LogP contribution in [0.3, 0.4) is 0 Å². The minimum Gasteiger partial charge on any atom is -0.455 e. The molecule has 0 spiro atoms. The van der Waals surface area contributed by atoms with Crippen molar-refractivity contribution in [3.8, 4) is 11.3 Å². The first-order valence-electron chi connectivity index (χ1n) is 5.50. The molecular weight excluding hydrogens is 276 g/mol. The number of rotatable bonds is 1. The van der Waals surface area contributed by atoms with Gasteiger partial charge in [-0.15, -0.1) is 0 Å². The Bertz CT molecular complexity index is 682. The molecular formula is C15H11BrO. The van der Waals surface area contributed by atoms with Crippen LogP contribution < -0.4 is 0 Å². The first kappa shape index (κ1) is 10.6. The van der Waals surface area contributed by atoms with Gasteiger partial charge in [0, 0.05) is 10.9 Å². The third-order valence-electron chi connectivity index (χ3n) is 2.92. The van der Waals surface area contributed by atoms with E-state index in [-0.39, 0.29) is 0 Å². The Morgan fingerprint density at radius 2 is 1.65 bits per heavy atom. The van der Waals surface area contributed by atoms with E-state index in [0.717, 1.165) is 26.8 Å². The molecule has 0 aliphatic carbocycles. The van der Waals surface area contributed by atoms with Gasteiger partial charge >= 0.3 is 0 Å². The quantitative estimate of drug-likeness (QED) is 0.601. The molecule has 3 rings (SSSR count). The Morgan fingerprint density at radius 3 is 2.41 bits per heavy atom. The molecule has 2 aromatic carbocycles. The molecule has 0 atom stereocenters. The summed E-state index contributed by atoms with van der Waals surface area (Å²) in [5.74, 6) is 0.907. The normalized spacial score (nSPS) is 10.9. The highest BCUT2D eigenvalue weighted by Crippen LogP contribution is 2.38. The van der Waals surface area contributed by atoms with E-state index in [9.17, 15) is 0 Å². The third kappa shape index (κ3) is 1.69. The fourth-order valence-corrected chi connectivity index (χ4v) is 2.64. The van der Waals surface area contributed by atoms with Crippen LogP contribution in [0.15, 0.2) is 57.4 Å². The molecule has 84 valence electrons. The SMILES string of the molecule is Cc1ccccc1-c1oc2ccccc2c1Br. The van der Waals surface area contributed by atoms with E-state index < -0.39 is 0 Å². The number of hydrogen-bond acceptors (Lipinski definition) is 1. The van der Waals surface area contributed by atoms with E-state index in [1.54, 1.807) is 0 Å². The van der Waals surface area contributed by atoms with E-state index in [2.05, 4.69) is 41.1 Å². The molecule has 0 aliphatic rings. The fraction of sp³-hybridized carbons (Fsp3) is 0.0667. The highest BCUT2D eigenvalue weighted by molar-refractivity contribution is 9.10. The van der Waals surface area contributed by atoms with Crippen LogP contribution in [0, 0.1) is 6.92 Å². The largest absolute Gasteiger partial charge is 0.455 e. The van der Waals surface area contributed by atoms with Crippen molar-refractivity contribution in [2.45, 2.75) is 6.92 Å². The number of fused-ring (bicyclic) bond motifs is 1. The third-order valence-corrected chi connectivity index (χ3v) is 3.71. The predicted molar refractivity (Wildman–Crippen MR) is 74.1 cm³/mol. The monoisotopic (exact) mass is 286 g/mol. The maximum Gasteiger partial charge on any atom is 0.149 e. The molecule has 0 radical (unpaired) electrons. The lowest BCUT2D eigenvalue weighted by Gasteiger charge is -2.01. The highest BCUT2D eigenvalue weighted by atomic mass is 79.9. The maximum absolute atomic E-state index is 5.92. The summed E-state index contributed by atoms with van der Waals surface area (Å²) in [6.07, 6.45) is 0. The predicted octanol–water partition coefficient (Wildman–Crippen LogP) is 5.17. The zero-order valence-corrected chi connectivity index (χ0v) is 11.0. The first-order chi connectivity index (χ1) is 8.27. The standard InChI is InChI=1S/C15H11BrO/c1-10-6-2-3-7-11(10)15-14(16)12-8-4-5-9-13(12)17-15/h2-9H,1H3. The van der Waals surface area contributed by atoms with Crippen LogP contribution in [0.2, 0.25) is 0 Å². The van der Waals surface area contributed by atoms with Crippen LogP contribution in [-0.2, 0) is 0 Å². The second kappa shape index (κ2) is 4.04. The van der Waals surface area contributed by atoms with Crippen LogP contribution in [0.4, 0.5) is 0 Å². The van der Waals surface area contributed by atoms with Gasteiger partial charge in [-0.2, -0.15) is 0 Å². The van der Waals surface area contributed by atoms with E-state index >= 15 is 0 Å². The molecule has 2 heteroatoms. The summed E-state index contributed by atoms with van der Waals surface area (Å²) in [5.41, 5.74) is 3.26. The zero-order valence-electron chi connectivity index (χ0n) is 9.41. The zero-order chi connectivity index (χ0) is 11.8. The number of aryl methyl sites for hydroxylation is 1. The number of furan rings is 1. The van der Waals surface area contributed by atoms with Crippen molar-refractivity contribution in [2.24, 2.45) is 0 Å². The van der Waals surface area contributed by atoms with Crippen LogP contribution in [0.1, 0.15) is 5.56 Å². The van der Waals surface area contributed by atoms with Gasteiger partial charge in [-0.25, -0.2) is 0 Å². The van der Waals surface area contributed by atoms with E-state index in [4.69, 9.17) is 4.42 Å². The summed E-state index contributed by atoms with van der Waals surface area (Å²) in [5, 5.41) is 1.12. The van der Waals surface area contributed by atoms with Gasteiger partial charge in [0.25, 0.3) is 0 Å². The number of benzene rings is 2. The second-order valence-electron chi connectivity index (χ2n) is 4.06. The van der Waals surface area contributed by atoms with Crippen LogP contribution >= 0.6 is 15.9 Å². The number of hydrogen-bond donors (Lipinski definition) is 0. The minimum absolute atomic E-state index is 0.907. The summed E-state index contributed by atoms with van der Waals surface area (Å²) in [7, 11) is 0. The fourth-order valence-electron chi connectivity index (χ4n) is 2.01. The molecule has 0 fully saturated rings. The van der Waals surface area contributed by atoms with Crippen LogP contribution in [-0.4, -0.2) is 0 Å². The van der Waals surface area contributed by atoms with Crippen molar-refractivity contribution in [1.82, 2.24) is 0 Å². The van der Waals surface area contributed by atoms with Crippen LogP contribution in [0.25, 0.3) is 22.3 Å². The van der Waals surface area contributed by atoms with Gasteiger partial charge in [-0.05, 0) is 40.5 Å². The van der Waals surface area contributed by atoms with Crippen molar-refractivity contribution in [3.05, 3.63) is 58.6 Å². The lowest BCUT2D eigenvalue weighted by Crippen LogP contribution is -1.80. The van der Waals surface area contributed by atoms with Crippen molar-refractivity contribution >= 4 is 26.9 Å². The summed E-state index contributed by atoms with van der Waals surface area (Å²) in [4.78, 5) is 0. The summed E-state index contributed by atoms with van der Waals surface area (Å²) in [6, 6.07) is 16.3. The summed E-state index contributed by atoms with van der Waals surface area (Å²) in [6.45, 7) is 2.09. The summed E-state index contributed by atoms with van der Waals surface area (Å²) < 4.78 is 6.95. The van der Waals surface area contributed by atoms with Crippen molar-refractivity contribution < 1.29 is 4.42 Å². The summed E-state index contributed by atoms with van der Waals surface area (Å²) >= 11 is 3.63. The van der Waals surface area contributed by atoms with E-state index in [1.807, 2.05) is 30.3 Å². The molecule has 0 saturated carbocycles. The molecule has 1 nitrogen and oxygen atoms in total. The molecule has 0 bridgehead atoms. The average Bonchev–Trinajstić information content (AvgIpc) is 2.68. The second-order valence-corrected chi connectivity index (χ2v) is 4.85. The Labute approximate surface area is 108 Å². The Hall–Kier alpha value is -1.54. The number of halogens is 1. The Morgan fingerprint density at radius 1 is 0.941 bits per heavy atom. The number of para-hydroxylation sites is 1. The molecule has 0 amide bonds. The van der Waals surface area contributed by atoms with Gasteiger partial charge in [0.1, 0.15) is 11.3 Å². The van der Waals surface area contributed by atoms with Gasteiger partial charge in [0.15, 0.2) is 0 Å². The van der Waals surface area contributed by atoms with Crippen LogP contribution in [0.5, 0.6) is 0 Å². The van der Waals surface area contributed by atoms with Crippen molar-refractivity contribution in [2.75, 3.05) is 0 Å². The molecule has 1 heterocycles. The van der Waals surface area contributed by atoms with Gasteiger partial charge < -0.3 is 4.42 Å². The van der Waals surface area contributed by atoms with E-state index in [1.165, 1.54) is 5.56 Å². The van der Waals surface area contributed by atoms with Gasteiger partial charge in [-0.3, -0.25) is 0 Å². The lowest BCUT2D eigenvalue weighted by atomic mass is 10.1. The average molecular weight is 287 g/mol. The highest BCUT2D eigenvalue weighted by Gasteiger charge is 2.14. The molecule has 1 aromatic heterocycles. The molecule has 0 N–H and O–H groups in total. The Balaban J connectivity index is 2.32. The maximum atomic E-state index is 5.92. The van der Waals surface area contributed by atoms with Crippen molar-refractivity contribution in [1.29, 1.82) is 0 Å². The van der Waals surface area contributed by atoms with Gasteiger partial charge in [0.2, 0.25) is 0 Å². The molecule has 17 heavy (non-hydrogen) atoms. The smallest absolute Gasteiger partial charge is 0.149 e. The van der Waals surface area contributed by atoms with Gasteiger partial charge in [0.05, 0.1) is 4.47 Å². The van der Waals surface area contributed by atoms with Crippen molar-refractivity contribution in [3.63, 3.8) is 0 Å². The Kier molecular flexibility index (Phi) is 2.52. The lowest BCUT2D eigenvalue weighted by molar-refractivity contribution is 0.629. The molecule has 3 aromatic rings.